The van der Waals surface area contributed by atoms with Gasteiger partial charge in [0.1, 0.15) is 11.5 Å². The van der Waals surface area contributed by atoms with Crippen LogP contribution in [0.3, 0.4) is 0 Å². The predicted octanol–water partition coefficient (Wildman–Crippen LogP) is 2.24. The topological polar surface area (TPSA) is 69.7 Å². The second-order valence-electron chi connectivity index (χ2n) is 6.38. The minimum absolute atomic E-state index is 0.404. The maximum atomic E-state index is 12.3. The number of esters is 2. The van der Waals surface area contributed by atoms with E-state index < -0.39 is 41.3 Å². The molecule has 22 heavy (non-hydrogen) atoms. The third kappa shape index (κ3) is 3.35. The molecule has 1 aromatic rings. The Hall–Kier alpha value is -2.17. The van der Waals surface area contributed by atoms with Crippen LogP contribution in [0.5, 0.6) is 0 Å². The van der Waals surface area contributed by atoms with Crippen LogP contribution in [0.4, 0.5) is 0 Å². The zero-order chi connectivity index (χ0) is 16.5. The molecule has 0 amide bonds. The Bertz CT molecular complexity index is 585. The lowest BCUT2D eigenvalue weighted by Gasteiger charge is -2.41. The van der Waals surface area contributed by atoms with Crippen molar-refractivity contribution in [1.29, 1.82) is 0 Å². The third-order valence-corrected chi connectivity index (χ3v) is 3.41. The van der Waals surface area contributed by atoms with E-state index in [1.54, 1.807) is 20.8 Å². The summed E-state index contributed by atoms with van der Waals surface area (Å²) in [5.74, 6) is -2.94. The van der Waals surface area contributed by atoms with E-state index in [1.807, 2.05) is 30.3 Å². The van der Waals surface area contributed by atoms with Crippen LogP contribution in [0.2, 0.25) is 0 Å². The highest BCUT2D eigenvalue weighted by molar-refractivity contribution is 6.09. The van der Waals surface area contributed by atoms with Gasteiger partial charge in [-0.05, 0) is 26.3 Å². The molecule has 0 N–H and O–H groups in total. The first-order valence-corrected chi connectivity index (χ1v) is 7.19. The normalized spacial score (nSPS) is 24.4. The van der Waals surface area contributed by atoms with Gasteiger partial charge >= 0.3 is 11.9 Å². The summed E-state index contributed by atoms with van der Waals surface area (Å²) in [6, 6.07) is 9.09. The number of Topliss-reactive ketones (excluding diaryl/α,β-unsaturated/α-hetero) is 1. The monoisotopic (exact) mass is 304 g/mol. The Morgan fingerprint density at radius 3 is 2.18 bits per heavy atom. The molecule has 1 aliphatic carbocycles. The highest BCUT2D eigenvalue weighted by Gasteiger charge is 2.57. The maximum absolute atomic E-state index is 12.3. The first-order chi connectivity index (χ1) is 10.2. The summed E-state index contributed by atoms with van der Waals surface area (Å²) >= 11 is 0. The van der Waals surface area contributed by atoms with E-state index in [1.165, 1.54) is 6.92 Å². The van der Waals surface area contributed by atoms with Crippen molar-refractivity contribution < 1.29 is 23.9 Å². The lowest BCUT2D eigenvalue weighted by molar-refractivity contribution is -0.181. The second-order valence-corrected chi connectivity index (χ2v) is 6.38. The van der Waals surface area contributed by atoms with E-state index in [4.69, 9.17) is 9.47 Å². The van der Waals surface area contributed by atoms with Crippen molar-refractivity contribution in [3.63, 3.8) is 0 Å². The minimum Gasteiger partial charge on any atom is -0.459 e. The lowest BCUT2D eigenvalue weighted by atomic mass is 9.66. The molecule has 1 aliphatic rings. The fourth-order valence-electron chi connectivity index (χ4n) is 2.57. The average Bonchev–Trinajstić information content (AvgIpc) is 2.40. The lowest BCUT2D eigenvalue weighted by Crippen LogP contribution is -2.56. The molecule has 0 saturated heterocycles. The molecule has 0 heterocycles. The van der Waals surface area contributed by atoms with Gasteiger partial charge in [0.25, 0.3) is 0 Å². The highest BCUT2D eigenvalue weighted by Crippen LogP contribution is 2.43. The van der Waals surface area contributed by atoms with Crippen LogP contribution >= 0.6 is 0 Å². The zero-order valence-electron chi connectivity index (χ0n) is 13.2. The molecule has 0 bridgehead atoms. The molecule has 1 saturated carbocycles. The molecule has 3 atom stereocenters. The zero-order valence-corrected chi connectivity index (χ0v) is 13.2. The van der Waals surface area contributed by atoms with Gasteiger partial charge < -0.3 is 9.47 Å². The Morgan fingerprint density at radius 1 is 1.09 bits per heavy atom. The molecule has 1 fully saturated rings. The van der Waals surface area contributed by atoms with Crippen molar-refractivity contribution >= 4 is 17.7 Å². The fourth-order valence-corrected chi connectivity index (χ4v) is 2.57. The van der Waals surface area contributed by atoms with Crippen LogP contribution in [0.1, 0.15) is 39.2 Å². The number of ether oxygens (including phenoxy) is 2. The van der Waals surface area contributed by atoms with E-state index >= 15 is 0 Å². The van der Waals surface area contributed by atoms with Gasteiger partial charge in [-0.1, -0.05) is 30.3 Å². The first kappa shape index (κ1) is 16.2. The Morgan fingerprint density at radius 2 is 1.68 bits per heavy atom. The molecule has 0 spiro atoms. The van der Waals surface area contributed by atoms with Crippen LogP contribution < -0.4 is 0 Å². The summed E-state index contributed by atoms with van der Waals surface area (Å²) in [6.07, 6.45) is -0.919. The van der Waals surface area contributed by atoms with Crippen molar-refractivity contribution in [3.8, 4) is 0 Å². The Kier molecular flexibility index (Phi) is 4.35. The molecule has 118 valence electrons. The molecule has 0 radical (unpaired) electrons. The van der Waals surface area contributed by atoms with Gasteiger partial charge in [0, 0.05) is 12.8 Å². The largest absolute Gasteiger partial charge is 0.459 e. The van der Waals surface area contributed by atoms with Crippen molar-refractivity contribution in [2.24, 2.45) is 5.92 Å². The highest BCUT2D eigenvalue weighted by atomic mass is 16.6. The van der Waals surface area contributed by atoms with Crippen LogP contribution in [0.15, 0.2) is 30.3 Å². The van der Waals surface area contributed by atoms with E-state index in [0.29, 0.717) is 0 Å². The van der Waals surface area contributed by atoms with E-state index in [0.717, 1.165) is 5.56 Å². The molecular formula is C17H20O5. The number of ketones is 1. The predicted molar refractivity (Wildman–Crippen MR) is 79.1 cm³/mol. The van der Waals surface area contributed by atoms with E-state index in [9.17, 15) is 14.4 Å². The van der Waals surface area contributed by atoms with Gasteiger partial charge in [-0.15, -0.1) is 0 Å². The summed E-state index contributed by atoms with van der Waals surface area (Å²) in [5.41, 5.74) is 0.106. The first-order valence-electron chi connectivity index (χ1n) is 7.19. The van der Waals surface area contributed by atoms with Crippen LogP contribution in [-0.2, 0) is 23.9 Å². The molecular weight excluding hydrogens is 284 g/mol. The smallest absolute Gasteiger partial charge is 0.317 e. The number of hydrogen-bond donors (Lipinski definition) is 0. The van der Waals surface area contributed by atoms with Gasteiger partial charge in [-0.25, -0.2) is 0 Å². The number of hydrogen-bond acceptors (Lipinski definition) is 5. The van der Waals surface area contributed by atoms with E-state index in [2.05, 4.69) is 0 Å². The number of carbonyl (C=O) groups excluding carboxylic acids is 3. The van der Waals surface area contributed by atoms with Gasteiger partial charge in [0.2, 0.25) is 0 Å². The number of benzene rings is 1. The Balaban J connectivity index is 2.27. The second kappa shape index (κ2) is 5.91. The fraction of sp³-hybridized carbons (Fsp3) is 0.471. The van der Waals surface area contributed by atoms with Crippen LogP contribution in [0.25, 0.3) is 0 Å². The molecule has 1 aromatic carbocycles. The molecule has 1 unspecified atom stereocenters. The standard InChI is InChI=1S/C17H20O5/c1-10(18)21-15-12(11-8-6-5-7-9-11)13(14(15)19)16(20)22-17(2,3)4/h5-9,12-13,15H,1-4H3/t12-,13?,15-/m1/s1. The van der Waals surface area contributed by atoms with Gasteiger partial charge in [-0.3, -0.25) is 14.4 Å². The summed E-state index contributed by atoms with van der Waals surface area (Å²) in [6.45, 7) is 6.48. The Labute approximate surface area is 129 Å². The quantitative estimate of drug-likeness (QED) is 0.633. The summed E-state index contributed by atoms with van der Waals surface area (Å²) < 4.78 is 10.4. The average molecular weight is 304 g/mol. The SMILES string of the molecule is CC(=O)O[C@H]1C(=O)C(C(=O)OC(C)(C)C)[C@H]1c1ccccc1. The van der Waals surface area contributed by atoms with Crippen molar-refractivity contribution in [3.05, 3.63) is 35.9 Å². The molecule has 2 rings (SSSR count). The summed E-state index contributed by atoms with van der Waals surface area (Å²) in [7, 11) is 0. The van der Waals surface area contributed by atoms with Gasteiger partial charge in [0.15, 0.2) is 11.9 Å². The van der Waals surface area contributed by atoms with Crippen molar-refractivity contribution in [2.45, 2.75) is 45.3 Å². The molecule has 5 heteroatoms. The van der Waals surface area contributed by atoms with Gasteiger partial charge in [-0.2, -0.15) is 0 Å². The molecule has 0 aliphatic heterocycles. The third-order valence-electron chi connectivity index (χ3n) is 3.41. The van der Waals surface area contributed by atoms with Gasteiger partial charge in [0.05, 0.1) is 0 Å². The maximum Gasteiger partial charge on any atom is 0.317 e. The summed E-state index contributed by atoms with van der Waals surface area (Å²) in [5, 5.41) is 0. The molecule has 5 nitrogen and oxygen atoms in total. The number of carbonyl (C=O) groups is 3. The van der Waals surface area contributed by atoms with E-state index in [-0.39, 0.29) is 0 Å². The van der Waals surface area contributed by atoms with Crippen molar-refractivity contribution in [1.82, 2.24) is 0 Å². The summed E-state index contributed by atoms with van der Waals surface area (Å²) in [4.78, 5) is 35.7. The minimum atomic E-state index is -0.925. The van der Waals surface area contributed by atoms with Crippen LogP contribution in [-0.4, -0.2) is 29.4 Å². The molecule has 0 aromatic heterocycles. The number of rotatable bonds is 3. The van der Waals surface area contributed by atoms with Crippen molar-refractivity contribution in [2.75, 3.05) is 0 Å². The van der Waals surface area contributed by atoms with Crippen LogP contribution in [0, 0.1) is 5.92 Å².